The molecule has 3 N–H and O–H groups in total. The van der Waals surface area contributed by atoms with E-state index in [2.05, 4.69) is 5.32 Å². The maximum Gasteiger partial charge on any atom is 0.223 e. The van der Waals surface area contributed by atoms with E-state index in [1.807, 2.05) is 38.1 Å². The minimum atomic E-state index is -0.0318. The number of halogens is 1. The van der Waals surface area contributed by atoms with Crippen LogP contribution in [0.15, 0.2) is 24.3 Å². The molecule has 102 valence electrons. The summed E-state index contributed by atoms with van der Waals surface area (Å²) in [6.45, 7) is 4.71. The van der Waals surface area contributed by atoms with E-state index in [1.54, 1.807) is 0 Å². The highest BCUT2D eigenvalue weighted by Crippen LogP contribution is 2.12. The van der Waals surface area contributed by atoms with Crippen molar-refractivity contribution in [2.75, 3.05) is 13.2 Å². The molecule has 0 fully saturated rings. The van der Waals surface area contributed by atoms with E-state index < -0.39 is 0 Å². The molecular formula is C13H21ClN2O2. The standard InChI is InChI=1S/C13H20N2O2.ClH/c1-10-4-3-5-12(8-10)17-7-6-13(16)15-11(2)9-14;/h3-5,8,11H,6-7,9,14H2,1-2H3,(H,15,16);1H/t11-;/m0./s1. The molecule has 0 heterocycles. The number of carbonyl (C=O) groups excluding carboxylic acids is 1. The van der Waals surface area contributed by atoms with E-state index in [4.69, 9.17) is 10.5 Å². The lowest BCUT2D eigenvalue weighted by atomic mass is 10.2. The van der Waals surface area contributed by atoms with Gasteiger partial charge in [0.1, 0.15) is 5.75 Å². The van der Waals surface area contributed by atoms with Gasteiger partial charge in [-0.2, -0.15) is 0 Å². The fraction of sp³-hybridized carbons (Fsp3) is 0.462. The Morgan fingerprint density at radius 3 is 2.83 bits per heavy atom. The Morgan fingerprint density at radius 1 is 1.50 bits per heavy atom. The molecule has 0 aliphatic heterocycles. The summed E-state index contributed by atoms with van der Waals surface area (Å²) in [5.74, 6) is 0.764. The molecule has 18 heavy (non-hydrogen) atoms. The molecule has 1 atom stereocenters. The monoisotopic (exact) mass is 272 g/mol. The van der Waals surface area contributed by atoms with Crippen LogP contribution < -0.4 is 15.8 Å². The average molecular weight is 273 g/mol. The second-order valence-electron chi connectivity index (χ2n) is 4.12. The molecule has 0 aromatic heterocycles. The predicted molar refractivity (Wildman–Crippen MR) is 75.2 cm³/mol. The largest absolute Gasteiger partial charge is 0.493 e. The lowest BCUT2D eigenvalue weighted by Gasteiger charge is -2.11. The topological polar surface area (TPSA) is 64.3 Å². The predicted octanol–water partition coefficient (Wildman–Crippen LogP) is 1.65. The van der Waals surface area contributed by atoms with Crippen molar-refractivity contribution in [2.24, 2.45) is 5.73 Å². The van der Waals surface area contributed by atoms with E-state index >= 15 is 0 Å². The van der Waals surface area contributed by atoms with Crippen LogP contribution in [0.2, 0.25) is 0 Å². The molecule has 5 heteroatoms. The van der Waals surface area contributed by atoms with Crippen LogP contribution in [0, 0.1) is 6.92 Å². The minimum Gasteiger partial charge on any atom is -0.493 e. The third kappa shape index (κ3) is 6.47. The zero-order valence-corrected chi connectivity index (χ0v) is 11.6. The number of ether oxygens (including phenoxy) is 1. The van der Waals surface area contributed by atoms with Crippen LogP contribution in [0.1, 0.15) is 18.9 Å². The molecule has 0 bridgehead atoms. The zero-order valence-electron chi connectivity index (χ0n) is 10.8. The lowest BCUT2D eigenvalue weighted by Crippen LogP contribution is -2.38. The van der Waals surface area contributed by atoms with E-state index in [0.29, 0.717) is 19.6 Å². The van der Waals surface area contributed by atoms with E-state index in [-0.39, 0.29) is 24.4 Å². The number of nitrogens with one attached hydrogen (secondary N) is 1. The number of aryl methyl sites for hydroxylation is 1. The van der Waals surface area contributed by atoms with Crippen molar-refractivity contribution in [1.29, 1.82) is 0 Å². The molecule has 1 rings (SSSR count). The first-order chi connectivity index (χ1) is 8.11. The normalized spacial score (nSPS) is 11.3. The summed E-state index contributed by atoms with van der Waals surface area (Å²) < 4.78 is 5.48. The second-order valence-corrected chi connectivity index (χ2v) is 4.12. The number of rotatable bonds is 6. The highest BCUT2D eigenvalue weighted by atomic mass is 35.5. The zero-order chi connectivity index (χ0) is 12.7. The van der Waals surface area contributed by atoms with Gasteiger partial charge in [-0.15, -0.1) is 12.4 Å². The van der Waals surface area contributed by atoms with Gasteiger partial charge in [0.15, 0.2) is 0 Å². The van der Waals surface area contributed by atoms with Gasteiger partial charge in [-0.25, -0.2) is 0 Å². The van der Waals surface area contributed by atoms with Gasteiger partial charge in [0.05, 0.1) is 13.0 Å². The Bertz CT molecular complexity index is 372. The maximum absolute atomic E-state index is 11.4. The van der Waals surface area contributed by atoms with E-state index in [0.717, 1.165) is 11.3 Å². The van der Waals surface area contributed by atoms with Crippen molar-refractivity contribution in [2.45, 2.75) is 26.3 Å². The quantitative estimate of drug-likeness (QED) is 0.828. The van der Waals surface area contributed by atoms with Gasteiger partial charge in [-0.3, -0.25) is 4.79 Å². The summed E-state index contributed by atoms with van der Waals surface area (Å²) in [6.07, 6.45) is 0.346. The molecular weight excluding hydrogens is 252 g/mol. The summed E-state index contributed by atoms with van der Waals surface area (Å²) in [4.78, 5) is 11.4. The van der Waals surface area contributed by atoms with Crippen molar-refractivity contribution in [3.8, 4) is 5.75 Å². The molecule has 4 nitrogen and oxygen atoms in total. The molecule has 1 aromatic carbocycles. The molecule has 0 saturated carbocycles. The maximum atomic E-state index is 11.4. The Kier molecular flexibility index (Phi) is 8.16. The molecule has 0 saturated heterocycles. The van der Waals surface area contributed by atoms with Crippen LogP contribution in [0.3, 0.4) is 0 Å². The Hall–Kier alpha value is -1.26. The molecule has 1 aromatic rings. The Labute approximate surface area is 114 Å². The number of hydrogen-bond donors (Lipinski definition) is 2. The first kappa shape index (κ1) is 16.7. The van der Waals surface area contributed by atoms with Crippen LogP contribution in [0.5, 0.6) is 5.75 Å². The summed E-state index contributed by atoms with van der Waals surface area (Å²) in [7, 11) is 0. The molecule has 1 amide bonds. The van der Waals surface area contributed by atoms with Crippen molar-refractivity contribution in [3.63, 3.8) is 0 Å². The SMILES string of the molecule is Cc1cccc(OCCC(=O)N[C@@H](C)CN)c1.Cl. The van der Waals surface area contributed by atoms with Crippen LogP contribution in [0.4, 0.5) is 0 Å². The van der Waals surface area contributed by atoms with E-state index in [1.165, 1.54) is 0 Å². The van der Waals surface area contributed by atoms with E-state index in [9.17, 15) is 4.79 Å². The molecule has 0 aliphatic carbocycles. The molecule has 0 radical (unpaired) electrons. The first-order valence-corrected chi connectivity index (χ1v) is 5.80. The minimum absolute atomic E-state index is 0. The van der Waals surface area contributed by atoms with Crippen molar-refractivity contribution >= 4 is 18.3 Å². The third-order valence-corrected chi connectivity index (χ3v) is 2.35. The van der Waals surface area contributed by atoms with Gasteiger partial charge in [0.2, 0.25) is 5.91 Å². The second kappa shape index (κ2) is 8.78. The van der Waals surface area contributed by atoms with Crippen LogP contribution in [-0.4, -0.2) is 25.1 Å². The van der Waals surface area contributed by atoms with Crippen LogP contribution in [0.25, 0.3) is 0 Å². The number of hydrogen-bond acceptors (Lipinski definition) is 3. The Morgan fingerprint density at radius 2 is 2.22 bits per heavy atom. The first-order valence-electron chi connectivity index (χ1n) is 5.80. The number of nitrogens with two attached hydrogens (primary N) is 1. The summed E-state index contributed by atoms with van der Waals surface area (Å²) in [5.41, 5.74) is 6.55. The lowest BCUT2D eigenvalue weighted by molar-refractivity contribution is -0.122. The fourth-order valence-corrected chi connectivity index (χ4v) is 1.37. The fourth-order valence-electron chi connectivity index (χ4n) is 1.37. The average Bonchev–Trinajstić information content (AvgIpc) is 2.29. The molecule has 0 unspecified atom stereocenters. The van der Waals surface area contributed by atoms with Crippen molar-refractivity contribution in [3.05, 3.63) is 29.8 Å². The highest BCUT2D eigenvalue weighted by Gasteiger charge is 2.05. The van der Waals surface area contributed by atoms with Gasteiger partial charge < -0.3 is 15.8 Å². The Balaban J connectivity index is 0.00000289. The van der Waals surface area contributed by atoms with Gasteiger partial charge >= 0.3 is 0 Å². The van der Waals surface area contributed by atoms with Crippen LogP contribution >= 0.6 is 12.4 Å². The van der Waals surface area contributed by atoms with Gasteiger partial charge in [0.25, 0.3) is 0 Å². The third-order valence-electron chi connectivity index (χ3n) is 2.35. The molecule has 0 aliphatic rings. The summed E-state index contributed by atoms with van der Waals surface area (Å²) in [6, 6.07) is 7.78. The number of amides is 1. The van der Waals surface area contributed by atoms with Crippen molar-refractivity contribution < 1.29 is 9.53 Å². The van der Waals surface area contributed by atoms with Crippen molar-refractivity contribution in [1.82, 2.24) is 5.32 Å². The van der Waals surface area contributed by atoms with Gasteiger partial charge in [-0.05, 0) is 31.5 Å². The number of carbonyl (C=O) groups is 1. The highest BCUT2D eigenvalue weighted by molar-refractivity contribution is 5.85. The summed E-state index contributed by atoms with van der Waals surface area (Å²) >= 11 is 0. The van der Waals surface area contributed by atoms with Gasteiger partial charge in [0, 0.05) is 12.6 Å². The van der Waals surface area contributed by atoms with Gasteiger partial charge in [-0.1, -0.05) is 12.1 Å². The number of benzene rings is 1. The molecule has 0 spiro atoms. The van der Waals surface area contributed by atoms with Crippen LogP contribution in [-0.2, 0) is 4.79 Å². The summed E-state index contributed by atoms with van der Waals surface area (Å²) in [5, 5.41) is 2.78. The smallest absolute Gasteiger partial charge is 0.223 e.